The molecule has 2 aliphatic heterocycles. The van der Waals surface area contributed by atoms with Crippen molar-refractivity contribution in [1.29, 1.82) is 0 Å². The van der Waals surface area contributed by atoms with Crippen LogP contribution in [-0.2, 0) is 44.2 Å². The van der Waals surface area contributed by atoms with Crippen LogP contribution in [0.2, 0.25) is 36.3 Å². The van der Waals surface area contributed by atoms with E-state index in [0.717, 1.165) is 36.1 Å². The molecule has 4 atom stereocenters. The number of benzene rings is 4. The van der Waals surface area contributed by atoms with Crippen LogP contribution in [0.25, 0.3) is 0 Å². The molecule has 412 valence electrons. The summed E-state index contributed by atoms with van der Waals surface area (Å²) in [4.78, 5) is 49.4. The number of Topliss-reactive ketones (excluding diaryl/α,β-unsaturated/α-hetero) is 1. The van der Waals surface area contributed by atoms with E-state index in [2.05, 4.69) is 92.2 Å². The molecule has 0 bridgehead atoms. The van der Waals surface area contributed by atoms with Gasteiger partial charge in [0.05, 0.1) is 50.5 Å². The second-order valence-electron chi connectivity index (χ2n) is 22.5. The molecule has 4 aromatic carbocycles. The number of β-amino-alcohol motifs (C(OH)–C–C–N with tert-alkyl or cyclic N) is 2. The second kappa shape index (κ2) is 28.8. The Labute approximate surface area is 449 Å². The molecule has 0 aliphatic carbocycles. The van der Waals surface area contributed by atoms with Crippen molar-refractivity contribution in [2.75, 3.05) is 39.4 Å². The van der Waals surface area contributed by atoms with E-state index in [1.807, 2.05) is 84.9 Å². The minimum absolute atomic E-state index is 0.00380. The zero-order chi connectivity index (χ0) is 55.6. The van der Waals surface area contributed by atoms with Gasteiger partial charge in [0, 0.05) is 50.3 Å². The van der Waals surface area contributed by atoms with E-state index in [-0.39, 0.29) is 72.0 Å². The fourth-order valence-corrected chi connectivity index (χ4v) is 10.3. The summed E-state index contributed by atoms with van der Waals surface area (Å²) < 4.78 is 23.6. The number of carboxylic acid groups (broad SMARTS) is 1. The Morgan fingerprint density at radius 2 is 1.07 bits per heavy atom. The molecule has 2 heterocycles. The Kier molecular flexibility index (Phi) is 23.9. The minimum atomic E-state index is -2.03. The summed E-state index contributed by atoms with van der Waals surface area (Å²) in [5, 5.41) is 35.0. The number of likely N-dealkylation sites (tertiary alicyclic amines) is 1. The maximum absolute atomic E-state index is 12.7. The highest BCUT2D eigenvalue weighted by Gasteiger charge is 2.44. The van der Waals surface area contributed by atoms with E-state index >= 15 is 0 Å². The van der Waals surface area contributed by atoms with Crippen LogP contribution < -0.4 is 20.1 Å². The highest BCUT2D eigenvalue weighted by Crippen LogP contribution is 2.39. The van der Waals surface area contributed by atoms with Crippen molar-refractivity contribution in [2.24, 2.45) is 0 Å². The smallest absolute Gasteiger partial charge is 0.306 e. The van der Waals surface area contributed by atoms with Gasteiger partial charge in [-0.3, -0.25) is 19.2 Å². The van der Waals surface area contributed by atoms with Crippen LogP contribution in [0.4, 0.5) is 0 Å². The van der Waals surface area contributed by atoms with E-state index in [4.69, 9.17) is 23.4 Å². The molecule has 75 heavy (non-hydrogen) atoms. The lowest BCUT2D eigenvalue weighted by atomic mass is 10.0. The van der Waals surface area contributed by atoms with Crippen molar-refractivity contribution in [3.63, 3.8) is 0 Å². The van der Waals surface area contributed by atoms with Gasteiger partial charge in [-0.1, -0.05) is 116 Å². The first-order chi connectivity index (χ1) is 35.2. The second-order valence-corrected chi connectivity index (χ2v) is 32.0. The molecule has 0 unspecified atom stereocenters. The molecule has 6 rings (SSSR count). The lowest BCUT2D eigenvalue weighted by molar-refractivity contribution is -0.137. The summed E-state index contributed by atoms with van der Waals surface area (Å²) in [5.41, 5.74) is 5.84. The summed E-state index contributed by atoms with van der Waals surface area (Å²) in [6.45, 7) is 29.1. The van der Waals surface area contributed by atoms with Crippen molar-refractivity contribution >= 4 is 40.2 Å². The Morgan fingerprint density at radius 3 is 1.53 bits per heavy atom. The van der Waals surface area contributed by atoms with Crippen molar-refractivity contribution in [3.05, 3.63) is 130 Å². The Morgan fingerprint density at radius 1 is 0.600 bits per heavy atom. The molecular formula is C59H87N3O11Si2. The van der Waals surface area contributed by atoms with Gasteiger partial charge < -0.3 is 49.2 Å². The molecular weight excluding hydrogens is 983 g/mol. The summed E-state index contributed by atoms with van der Waals surface area (Å²) in [6.07, 6.45) is 1.93. The molecule has 2 aliphatic rings. The van der Waals surface area contributed by atoms with Crippen molar-refractivity contribution in [2.45, 2.75) is 161 Å². The maximum atomic E-state index is 12.7. The van der Waals surface area contributed by atoms with E-state index in [1.165, 1.54) is 11.1 Å². The van der Waals surface area contributed by atoms with Crippen LogP contribution >= 0.6 is 0 Å². The average molecular weight is 1070 g/mol. The number of hydrogen-bond donors (Lipinski definition) is 5. The molecule has 0 spiro atoms. The maximum Gasteiger partial charge on any atom is 0.306 e. The molecule has 14 nitrogen and oxygen atoms in total. The molecule has 5 N–H and O–H groups in total. The van der Waals surface area contributed by atoms with Crippen molar-refractivity contribution in [1.82, 2.24) is 15.5 Å². The van der Waals surface area contributed by atoms with Crippen LogP contribution in [0.15, 0.2) is 97.1 Å². The van der Waals surface area contributed by atoms with Crippen LogP contribution in [0, 0.1) is 0 Å². The number of aliphatic hydroxyl groups is 2. The number of amides is 2. The predicted octanol–water partition coefficient (Wildman–Crippen LogP) is 9.80. The zero-order valence-electron chi connectivity index (χ0n) is 46.8. The SMILES string of the molecule is CC(C)(C)[Si](C)(C)O[C@@H]1CNC[C@@H]1O.CCc1ccc(C(=O)CCc2ccc(OCCC(=O)N3C[C@@H](O)[C@@H](O[Si](C)(C)C(C)(C)C)C3)cc2)cc1.CCc1ccc(C(=O)NCc2ccc(OCCC(=O)O)cc2)cc1. The summed E-state index contributed by atoms with van der Waals surface area (Å²) in [7, 11) is -3.74. The molecule has 16 heteroatoms. The van der Waals surface area contributed by atoms with Crippen molar-refractivity contribution < 1.29 is 52.8 Å². The van der Waals surface area contributed by atoms with Gasteiger partial charge in [-0.05, 0) is 114 Å². The molecule has 4 aromatic rings. The number of aliphatic hydroxyl groups excluding tert-OH is 2. The largest absolute Gasteiger partial charge is 0.493 e. The van der Waals surface area contributed by atoms with Gasteiger partial charge in [-0.2, -0.15) is 0 Å². The number of nitrogens with zero attached hydrogens (tertiary/aromatic N) is 1. The number of nitrogens with one attached hydrogen (secondary N) is 2. The Hall–Kier alpha value is -5.21. The van der Waals surface area contributed by atoms with Crippen molar-refractivity contribution in [3.8, 4) is 11.5 Å². The zero-order valence-corrected chi connectivity index (χ0v) is 48.8. The highest BCUT2D eigenvalue weighted by atomic mass is 28.4. The third-order valence-electron chi connectivity index (χ3n) is 14.6. The third-order valence-corrected chi connectivity index (χ3v) is 23.6. The summed E-state index contributed by atoms with van der Waals surface area (Å²) in [6, 6.07) is 30.3. The van der Waals surface area contributed by atoms with Gasteiger partial charge in [0.15, 0.2) is 22.4 Å². The number of hydrogen-bond acceptors (Lipinski definition) is 11. The number of aliphatic carboxylic acids is 1. The normalized spacial score (nSPS) is 17.8. The lowest BCUT2D eigenvalue weighted by Crippen LogP contribution is -2.47. The Bertz CT molecular complexity index is 2400. The number of carboxylic acids is 1. The van der Waals surface area contributed by atoms with Gasteiger partial charge in [-0.25, -0.2) is 0 Å². The first-order valence-electron chi connectivity index (χ1n) is 26.6. The van der Waals surface area contributed by atoms with Crippen LogP contribution in [0.3, 0.4) is 0 Å². The number of carbonyl (C=O) groups is 4. The molecule has 2 amide bonds. The Balaban J connectivity index is 0.000000272. The number of ketones is 1. The minimum Gasteiger partial charge on any atom is -0.493 e. The first kappa shape index (κ1) is 62.3. The van der Waals surface area contributed by atoms with E-state index in [1.54, 1.807) is 17.0 Å². The van der Waals surface area contributed by atoms with Gasteiger partial charge in [0.1, 0.15) is 11.5 Å². The molecule has 0 aromatic heterocycles. The van der Waals surface area contributed by atoms with E-state index in [0.29, 0.717) is 56.1 Å². The van der Waals surface area contributed by atoms with Gasteiger partial charge in [0.25, 0.3) is 5.91 Å². The fraction of sp³-hybridized carbons (Fsp3) is 0.525. The van der Waals surface area contributed by atoms with Crippen LogP contribution in [-0.4, -0.2) is 124 Å². The van der Waals surface area contributed by atoms with Gasteiger partial charge >= 0.3 is 5.97 Å². The standard InChI is InChI=1S/C30H43NO5Si.C19H21NO4.C10H23NO2Si/c1-7-22-8-13-24(14-9-22)26(32)17-12-23-10-15-25(16-11-23)35-19-18-29(34)31-20-27(33)28(21-31)36-37(5,6)30(2,3)4;1-2-14-3-7-16(8-4-14)19(23)20-13-15-5-9-17(10-6-15)24-12-11-18(21)22;1-10(2,3)14(4,5)13-9-7-11-6-8(9)12/h8-11,13-16,27-28,33H,7,12,17-21H2,1-6H3;3-10H,2,11-13H2,1H3,(H,20,23)(H,21,22);8-9,11-12H,6-7H2,1-5H3/t27-,28+;;8-,9+/m1.0/s1. The fourth-order valence-electron chi connectivity index (χ4n) is 7.58. The first-order valence-corrected chi connectivity index (χ1v) is 32.4. The lowest BCUT2D eigenvalue weighted by Gasteiger charge is -2.38. The number of rotatable bonds is 21. The highest BCUT2D eigenvalue weighted by molar-refractivity contribution is 6.74. The third kappa shape index (κ3) is 20.4. The van der Waals surface area contributed by atoms with Gasteiger partial charge in [0.2, 0.25) is 5.91 Å². The van der Waals surface area contributed by atoms with Crippen LogP contribution in [0.1, 0.15) is 118 Å². The average Bonchev–Trinajstić information content (AvgIpc) is 3.94. The quantitative estimate of drug-likeness (QED) is 0.0393. The van der Waals surface area contributed by atoms with E-state index < -0.39 is 28.7 Å². The number of carbonyl (C=O) groups excluding carboxylic acids is 3. The molecule has 2 saturated heterocycles. The summed E-state index contributed by atoms with van der Waals surface area (Å²) >= 11 is 0. The molecule has 0 radical (unpaired) electrons. The molecule has 2 fully saturated rings. The molecule has 0 saturated carbocycles. The number of ether oxygens (including phenoxy) is 2. The van der Waals surface area contributed by atoms with Gasteiger partial charge in [-0.15, -0.1) is 0 Å². The van der Waals surface area contributed by atoms with Crippen LogP contribution in [0.5, 0.6) is 11.5 Å². The number of aryl methyl sites for hydroxylation is 3. The van der Waals surface area contributed by atoms with E-state index in [9.17, 15) is 29.4 Å². The monoisotopic (exact) mass is 1070 g/mol. The topological polar surface area (TPSA) is 193 Å². The predicted molar refractivity (Wildman–Crippen MR) is 302 cm³/mol. The summed E-state index contributed by atoms with van der Waals surface area (Å²) in [5.74, 6) is 0.411.